The number of nitrogens with two attached hydrogens (primary N) is 12. The Kier molecular flexibility index (Phi) is 68.9. The first kappa shape index (κ1) is 80.4. The lowest BCUT2D eigenvalue weighted by atomic mass is 10.2. The van der Waals surface area contributed by atoms with Gasteiger partial charge in [0.15, 0.2) is 0 Å². The molecule has 0 unspecified atom stereocenters. The van der Waals surface area contributed by atoms with E-state index in [4.69, 9.17) is 68.8 Å². The van der Waals surface area contributed by atoms with E-state index in [-0.39, 0.29) is 7.43 Å². The minimum absolute atomic E-state index is 0. The van der Waals surface area contributed by atoms with Crippen molar-refractivity contribution < 1.29 is 0 Å². The highest BCUT2D eigenvalue weighted by Crippen LogP contribution is 2.09. The van der Waals surface area contributed by atoms with Crippen LogP contribution in [0.25, 0.3) is 0 Å². The Balaban J connectivity index is -0.00000199. The van der Waals surface area contributed by atoms with Crippen LogP contribution in [-0.4, -0.2) is 275 Å². The van der Waals surface area contributed by atoms with Gasteiger partial charge in [0.2, 0.25) is 0 Å². The lowest BCUT2D eigenvalue weighted by Gasteiger charge is -2.29. The molecule has 0 aromatic rings. The third-order valence-electron chi connectivity index (χ3n) is 14.3. The summed E-state index contributed by atoms with van der Waals surface area (Å²) in [6, 6.07) is 0. The molecule has 0 aliphatic carbocycles. The van der Waals surface area contributed by atoms with E-state index in [0.29, 0.717) is 0 Å². The molecular formula is C57H140N20. The van der Waals surface area contributed by atoms with E-state index < -0.39 is 0 Å². The van der Waals surface area contributed by atoms with Crippen LogP contribution < -0.4 is 68.8 Å². The maximum absolute atomic E-state index is 5.86. The average molecular weight is 1110 g/mol. The van der Waals surface area contributed by atoms with Crippen LogP contribution in [-0.2, 0) is 0 Å². The first-order chi connectivity index (χ1) is 37.3. The predicted molar refractivity (Wildman–Crippen MR) is 339 cm³/mol. The summed E-state index contributed by atoms with van der Waals surface area (Å²) >= 11 is 0. The van der Waals surface area contributed by atoms with Gasteiger partial charge in [0.05, 0.1) is 0 Å². The SMILES string of the molecule is C.NCCCN(CCCN)CCCCN(CCCN)CCCN.NCCCN(CCCN)CCCN(CCCCN(CCCN(CCCN)CCCN)CCCN(CCCN)CCCN)CCCN(CCCN)CCCN. The van der Waals surface area contributed by atoms with Crippen molar-refractivity contribution in [2.45, 2.75) is 136 Å². The van der Waals surface area contributed by atoms with E-state index in [2.05, 4.69) is 39.2 Å². The molecule has 0 bridgehead atoms. The number of unbranched alkanes of at least 4 members (excludes halogenated alkanes) is 2. The van der Waals surface area contributed by atoms with Crippen molar-refractivity contribution in [3.8, 4) is 0 Å². The third kappa shape index (κ3) is 55.5. The molecule has 20 nitrogen and oxygen atoms in total. The van der Waals surface area contributed by atoms with E-state index in [1.54, 1.807) is 0 Å². The molecule has 0 fully saturated rings. The van der Waals surface area contributed by atoms with Crippen molar-refractivity contribution in [1.82, 2.24) is 39.2 Å². The van der Waals surface area contributed by atoms with Crippen molar-refractivity contribution in [1.29, 1.82) is 0 Å². The van der Waals surface area contributed by atoms with Crippen LogP contribution in [0.4, 0.5) is 0 Å². The smallest absolute Gasteiger partial charge is 0.000653 e. The highest BCUT2D eigenvalue weighted by Gasteiger charge is 2.14. The number of rotatable bonds is 62. The lowest BCUT2D eigenvalue weighted by molar-refractivity contribution is 0.190. The normalized spacial score (nSPS) is 12.0. The summed E-state index contributed by atoms with van der Waals surface area (Å²) in [4.78, 5) is 20.7. The largest absolute Gasteiger partial charge is 0.330 e. The zero-order valence-corrected chi connectivity index (χ0v) is 50.1. The van der Waals surface area contributed by atoms with Gasteiger partial charge in [0.25, 0.3) is 0 Å². The van der Waals surface area contributed by atoms with Crippen LogP contribution in [0.1, 0.15) is 136 Å². The van der Waals surface area contributed by atoms with Crippen LogP contribution in [0, 0.1) is 0 Å². The predicted octanol–water partition coefficient (Wildman–Crippen LogP) is 0.331. The summed E-state index contributed by atoms with van der Waals surface area (Å²) in [5.74, 6) is 0. The summed E-state index contributed by atoms with van der Waals surface area (Å²) < 4.78 is 0. The first-order valence-electron chi connectivity index (χ1n) is 31.5. The van der Waals surface area contributed by atoms with Crippen molar-refractivity contribution in [3.63, 3.8) is 0 Å². The molecule has 0 rings (SSSR count). The van der Waals surface area contributed by atoms with Gasteiger partial charge in [-0.15, -0.1) is 0 Å². The van der Waals surface area contributed by atoms with E-state index in [1.807, 2.05) is 0 Å². The molecule has 468 valence electrons. The Morgan fingerprint density at radius 2 is 0.195 bits per heavy atom. The van der Waals surface area contributed by atoms with E-state index in [1.165, 1.54) is 51.4 Å². The van der Waals surface area contributed by atoms with Crippen LogP contribution in [0.5, 0.6) is 0 Å². The molecule has 0 aliphatic heterocycles. The van der Waals surface area contributed by atoms with E-state index >= 15 is 0 Å². The van der Waals surface area contributed by atoms with Gasteiger partial charge in [-0.2, -0.15) is 0 Å². The maximum Gasteiger partial charge on any atom is -0.000653 e. The Hall–Kier alpha value is -0.800. The number of nitrogens with zero attached hydrogens (tertiary/aromatic N) is 8. The van der Waals surface area contributed by atoms with Crippen molar-refractivity contribution in [2.24, 2.45) is 68.8 Å². The molecule has 0 saturated carbocycles. The zero-order chi connectivity index (χ0) is 56.2. The summed E-state index contributed by atoms with van der Waals surface area (Å²) in [5.41, 5.74) is 69.3. The minimum atomic E-state index is 0. The molecule has 77 heavy (non-hydrogen) atoms. The second-order valence-corrected chi connectivity index (χ2v) is 21.3. The molecule has 0 heterocycles. The Morgan fingerprint density at radius 1 is 0.117 bits per heavy atom. The first-order valence-corrected chi connectivity index (χ1v) is 31.5. The van der Waals surface area contributed by atoms with Gasteiger partial charge in [-0.05, 0) is 364 Å². The molecule has 0 aliphatic rings. The molecule has 0 atom stereocenters. The standard InChI is InChI=1S/C40H96N14.C16H40N6.CH4/c41-15-3-25-51(26-4-16-42)37-11-33-49(34-12-38-52(27-5-17-43)28-6-18-44)23-1-2-24-50(35-13-39-53(29-7-19-45)30-8-20-46)36-14-40-54(31-9-21-47)32-10-22-48;17-7-3-13-21(14-4-8-18)11-1-2-12-22(15-5-9-19)16-6-10-20;/h1-48H2;1-20H2;1H4. The molecule has 0 spiro atoms. The second-order valence-electron chi connectivity index (χ2n) is 21.3. The van der Waals surface area contributed by atoms with Crippen LogP contribution >= 0.6 is 0 Å². The van der Waals surface area contributed by atoms with Crippen LogP contribution in [0.2, 0.25) is 0 Å². The summed E-state index contributed by atoms with van der Waals surface area (Å²) in [6.07, 6.45) is 22.3. The molecule has 24 N–H and O–H groups in total. The zero-order valence-electron chi connectivity index (χ0n) is 50.1. The third-order valence-corrected chi connectivity index (χ3v) is 14.3. The Bertz CT molecular complexity index is 895. The molecule has 0 aromatic carbocycles. The molecule has 0 amide bonds. The molecule has 0 aromatic heterocycles. The fraction of sp³-hybridized carbons (Fsp3) is 1.00. The van der Waals surface area contributed by atoms with Gasteiger partial charge in [-0.3, -0.25) is 0 Å². The highest BCUT2D eigenvalue weighted by molar-refractivity contribution is 4.71. The molecule has 0 saturated heterocycles. The highest BCUT2D eigenvalue weighted by atomic mass is 15.2. The number of hydrogen-bond acceptors (Lipinski definition) is 20. The van der Waals surface area contributed by atoms with Crippen molar-refractivity contribution >= 4 is 0 Å². The van der Waals surface area contributed by atoms with Gasteiger partial charge in [0, 0.05) is 0 Å². The van der Waals surface area contributed by atoms with Gasteiger partial charge in [-0.1, -0.05) is 7.43 Å². The summed E-state index contributed by atoms with van der Waals surface area (Å²) in [7, 11) is 0. The number of hydrogen-bond donors (Lipinski definition) is 12. The summed E-state index contributed by atoms with van der Waals surface area (Å²) in [5, 5.41) is 0. The van der Waals surface area contributed by atoms with Gasteiger partial charge < -0.3 is 108 Å². The van der Waals surface area contributed by atoms with Crippen LogP contribution in [0.3, 0.4) is 0 Å². The fourth-order valence-corrected chi connectivity index (χ4v) is 9.88. The topological polar surface area (TPSA) is 338 Å². The van der Waals surface area contributed by atoms with E-state index in [9.17, 15) is 0 Å². The fourth-order valence-electron chi connectivity index (χ4n) is 9.88. The molecular weight excluding hydrogens is 965 g/mol. The quantitative estimate of drug-likeness (QED) is 0.0365. The van der Waals surface area contributed by atoms with E-state index in [0.717, 1.165) is 313 Å². The summed E-state index contributed by atoms with van der Waals surface area (Å²) in [6.45, 7) is 35.6. The second kappa shape index (κ2) is 66.0. The van der Waals surface area contributed by atoms with Gasteiger partial charge >= 0.3 is 0 Å². The van der Waals surface area contributed by atoms with Gasteiger partial charge in [-0.25, -0.2) is 0 Å². The Morgan fingerprint density at radius 3 is 0.286 bits per heavy atom. The minimum Gasteiger partial charge on any atom is -0.330 e. The average Bonchev–Trinajstić information content (AvgIpc) is 3.43. The molecule has 0 radical (unpaired) electrons. The van der Waals surface area contributed by atoms with Gasteiger partial charge in [0.1, 0.15) is 0 Å². The molecule has 20 heteroatoms. The van der Waals surface area contributed by atoms with Crippen molar-refractivity contribution in [3.05, 3.63) is 0 Å². The van der Waals surface area contributed by atoms with Crippen molar-refractivity contribution in [2.75, 3.05) is 236 Å². The maximum atomic E-state index is 5.86. The van der Waals surface area contributed by atoms with Crippen LogP contribution in [0.15, 0.2) is 0 Å². The monoisotopic (exact) mass is 1110 g/mol. The Labute approximate surface area is 477 Å². The lowest BCUT2D eigenvalue weighted by Crippen LogP contribution is -2.36.